The monoisotopic (exact) mass is 285 g/mol. The number of nitrogens with zero attached hydrogens (tertiary/aromatic N) is 1. The number of rotatable bonds is 3. The lowest BCUT2D eigenvalue weighted by atomic mass is 9.87. The van der Waals surface area contributed by atoms with E-state index in [1.165, 1.54) is 11.6 Å². The predicted octanol–water partition coefficient (Wildman–Crippen LogP) is 4.18. The van der Waals surface area contributed by atoms with Crippen molar-refractivity contribution in [2.45, 2.75) is 33.1 Å². The quantitative estimate of drug-likeness (QED) is 0.919. The van der Waals surface area contributed by atoms with E-state index in [-0.39, 0.29) is 11.0 Å². The summed E-state index contributed by atoms with van der Waals surface area (Å²) in [6.45, 7) is 8.06. The lowest BCUT2D eigenvalue weighted by Gasteiger charge is -2.19. The summed E-state index contributed by atoms with van der Waals surface area (Å²) < 4.78 is 5.73. The Balaban J connectivity index is 2.27. The summed E-state index contributed by atoms with van der Waals surface area (Å²) in [4.78, 5) is 15.1. The van der Waals surface area contributed by atoms with Crippen molar-refractivity contribution in [3.63, 3.8) is 0 Å². The van der Waals surface area contributed by atoms with Gasteiger partial charge in [0.25, 0.3) is 0 Å². The van der Waals surface area contributed by atoms with Crippen molar-refractivity contribution in [1.29, 1.82) is 0 Å². The highest BCUT2D eigenvalue weighted by Crippen LogP contribution is 2.28. The highest BCUT2D eigenvalue weighted by molar-refractivity contribution is 5.88. The SMILES string of the molecule is Cc1nc(Oc2cccc(C(C)(C)C)c2)ccc1C(=O)O. The molecule has 1 aromatic carbocycles. The lowest BCUT2D eigenvalue weighted by molar-refractivity contribution is 0.0695. The van der Waals surface area contributed by atoms with Crippen molar-refractivity contribution < 1.29 is 14.6 Å². The average Bonchev–Trinajstić information content (AvgIpc) is 2.37. The first-order chi connectivity index (χ1) is 9.77. The molecule has 0 spiro atoms. The summed E-state index contributed by atoms with van der Waals surface area (Å²) in [5.74, 6) is 0.0993. The van der Waals surface area contributed by atoms with Gasteiger partial charge >= 0.3 is 5.97 Å². The molecule has 0 radical (unpaired) electrons. The molecule has 0 aliphatic carbocycles. The van der Waals surface area contributed by atoms with Gasteiger partial charge in [0.2, 0.25) is 5.88 Å². The molecule has 0 aliphatic rings. The van der Waals surface area contributed by atoms with Crippen molar-refractivity contribution in [2.75, 3.05) is 0 Å². The van der Waals surface area contributed by atoms with E-state index in [9.17, 15) is 4.79 Å². The van der Waals surface area contributed by atoms with Crippen molar-refractivity contribution in [3.8, 4) is 11.6 Å². The third-order valence-corrected chi connectivity index (χ3v) is 3.21. The smallest absolute Gasteiger partial charge is 0.337 e. The number of hydrogen-bond donors (Lipinski definition) is 1. The molecule has 1 aromatic heterocycles. The molecule has 110 valence electrons. The Morgan fingerprint density at radius 1 is 1.19 bits per heavy atom. The van der Waals surface area contributed by atoms with Gasteiger partial charge in [-0.05, 0) is 36.1 Å². The molecule has 0 saturated heterocycles. The zero-order valence-electron chi connectivity index (χ0n) is 12.7. The summed E-state index contributed by atoms with van der Waals surface area (Å²) >= 11 is 0. The minimum atomic E-state index is -0.985. The molecule has 21 heavy (non-hydrogen) atoms. The molecule has 0 atom stereocenters. The van der Waals surface area contributed by atoms with Crippen LogP contribution < -0.4 is 4.74 Å². The lowest BCUT2D eigenvalue weighted by Crippen LogP contribution is -2.10. The van der Waals surface area contributed by atoms with E-state index in [0.717, 1.165) is 0 Å². The van der Waals surface area contributed by atoms with Crippen LogP contribution in [0.5, 0.6) is 11.6 Å². The van der Waals surface area contributed by atoms with E-state index in [1.807, 2.05) is 18.2 Å². The number of carbonyl (C=O) groups is 1. The maximum atomic E-state index is 11.0. The molecule has 1 heterocycles. The predicted molar refractivity (Wildman–Crippen MR) is 81.1 cm³/mol. The molecule has 0 fully saturated rings. The summed E-state index contributed by atoms with van der Waals surface area (Å²) in [6, 6.07) is 10.9. The first kappa shape index (κ1) is 15.0. The van der Waals surface area contributed by atoms with Crippen LogP contribution in [0, 0.1) is 6.92 Å². The standard InChI is InChI=1S/C17H19NO3/c1-11-14(16(19)20)8-9-15(18-11)21-13-7-5-6-12(10-13)17(2,3)4/h5-10H,1-4H3,(H,19,20). The maximum absolute atomic E-state index is 11.0. The van der Waals surface area contributed by atoms with Crippen LogP contribution in [0.15, 0.2) is 36.4 Å². The highest BCUT2D eigenvalue weighted by Gasteiger charge is 2.14. The zero-order chi connectivity index (χ0) is 15.6. The second-order valence-electron chi connectivity index (χ2n) is 5.97. The number of pyridine rings is 1. The van der Waals surface area contributed by atoms with Crippen molar-refractivity contribution in [3.05, 3.63) is 53.2 Å². The van der Waals surface area contributed by atoms with E-state index < -0.39 is 5.97 Å². The molecule has 0 amide bonds. The van der Waals surface area contributed by atoms with Gasteiger partial charge in [-0.25, -0.2) is 9.78 Å². The topological polar surface area (TPSA) is 59.4 Å². The number of aryl methyl sites for hydroxylation is 1. The fourth-order valence-electron chi connectivity index (χ4n) is 1.97. The molecular formula is C17H19NO3. The Kier molecular flexibility index (Phi) is 3.98. The van der Waals surface area contributed by atoms with Crippen LogP contribution in [0.3, 0.4) is 0 Å². The van der Waals surface area contributed by atoms with Gasteiger partial charge in [0.15, 0.2) is 0 Å². The normalized spacial score (nSPS) is 11.2. The van der Waals surface area contributed by atoms with Crippen LogP contribution >= 0.6 is 0 Å². The van der Waals surface area contributed by atoms with Gasteiger partial charge in [0.05, 0.1) is 11.3 Å². The van der Waals surface area contributed by atoms with Crippen LogP contribution in [0.2, 0.25) is 0 Å². The van der Waals surface area contributed by atoms with E-state index in [1.54, 1.807) is 13.0 Å². The summed E-state index contributed by atoms with van der Waals surface area (Å²) in [6.07, 6.45) is 0. The minimum absolute atomic E-state index is 0.0376. The van der Waals surface area contributed by atoms with Crippen LogP contribution in [-0.4, -0.2) is 16.1 Å². The summed E-state index contributed by atoms with van der Waals surface area (Å²) in [7, 11) is 0. The number of carboxylic acid groups (broad SMARTS) is 1. The second kappa shape index (κ2) is 5.56. The van der Waals surface area contributed by atoms with Gasteiger partial charge in [-0.15, -0.1) is 0 Å². The van der Waals surface area contributed by atoms with E-state index in [0.29, 0.717) is 17.3 Å². The minimum Gasteiger partial charge on any atom is -0.478 e. The Hall–Kier alpha value is -2.36. The molecule has 1 N–H and O–H groups in total. The molecule has 0 bridgehead atoms. The number of ether oxygens (including phenoxy) is 1. The number of aromatic nitrogens is 1. The number of carboxylic acids is 1. The fourth-order valence-corrected chi connectivity index (χ4v) is 1.97. The van der Waals surface area contributed by atoms with E-state index in [2.05, 4.69) is 31.8 Å². The molecule has 0 unspecified atom stereocenters. The average molecular weight is 285 g/mol. The number of aromatic carboxylic acids is 1. The third-order valence-electron chi connectivity index (χ3n) is 3.21. The van der Waals surface area contributed by atoms with Gasteiger partial charge in [0.1, 0.15) is 5.75 Å². The molecule has 2 aromatic rings. The molecule has 2 rings (SSSR count). The van der Waals surface area contributed by atoms with Crippen molar-refractivity contribution in [1.82, 2.24) is 4.98 Å². The van der Waals surface area contributed by atoms with Gasteiger partial charge in [0, 0.05) is 6.07 Å². The first-order valence-electron chi connectivity index (χ1n) is 6.77. The highest BCUT2D eigenvalue weighted by atomic mass is 16.5. The molecular weight excluding hydrogens is 266 g/mol. The maximum Gasteiger partial charge on any atom is 0.337 e. The number of benzene rings is 1. The third kappa shape index (κ3) is 3.60. The van der Waals surface area contributed by atoms with Gasteiger partial charge in [-0.2, -0.15) is 0 Å². The van der Waals surface area contributed by atoms with Crippen LogP contribution in [0.1, 0.15) is 42.4 Å². The Bertz CT molecular complexity index is 672. The molecule has 4 heteroatoms. The van der Waals surface area contributed by atoms with Crippen molar-refractivity contribution in [2.24, 2.45) is 0 Å². The van der Waals surface area contributed by atoms with E-state index in [4.69, 9.17) is 9.84 Å². The fraction of sp³-hybridized carbons (Fsp3) is 0.294. The Morgan fingerprint density at radius 3 is 2.48 bits per heavy atom. The summed E-state index contributed by atoms with van der Waals surface area (Å²) in [5, 5.41) is 8.99. The van der Waals surface area contributed by atoms with Crippen molar-refractivity contribution >= 4 is 5.97 Å². The number of hydrogen-bond acceptors (Lipinski definition) is 3. The molecule has 0 aliphatic heterocycles. The first-order valence-corrected chi connectivity index (χ1v) is 6.77. The zero-order valence-corrected chi connectivity index (χ0v) is 12.7. The second-order valence-corrected chi connectivity index (χ2v) is 5.97. The van der Waals surface area contributed by atoms with Crippen LogP contribution in [0.4, 0.5) is 0 Å². The van der Waals surface area contributed by atoms with Crippen LogP contribution in [0.25, 0.3) is 0 Å². The Labute approximate surface area is 124 Å². The van der Waals surface area contributed by atoms with Gasteiger partial charge < -0.3 is 9.84 Å². The molecule has 4 nitrogen and oxygen atoms in total. The van der Waals surface area contributed by atoms with E-state index >= 15 is 0 Å². The summed E-state index contributed by atoms with van der Waals surface area (Å²) in [5.41, 5.74) is 1.83. The Morgan fingerprint density at radius 2 is 1.90 bits per heavy atom. The van der Waals surface area contributed by atoms with Gasteiger partial charge in [-0.3, -0.25) is 0 Å². The molecule has 0 saturated carbocycles. The largest absolute Gasteiger partial charge is 0.478 e. The van der Waals surface area contributed by atoms with Crippen LogP contribution in [-0.2, 0) is 5.41 Å². The van der Waals surface area contributed by atoms with Gasteiger partial charge in [-0.1, -0.05) is 32.9 Å².